The molecule has 0 aromatic heterocycles. The molecule has 0 spiro atoms. The van der Waals surface area contributed by atoms with Crippen LogP contribution in [0.3, 0.4) is 0 Å². The van der Waals surface area contributed by atoms with E-state index in [0.29, 0.717) is 5.57 Å². The summed E-state index contributed by atoms with van der Waals surface area (Å²) < 4.78 is 3.23. The summed E-state index contributed by atoms with van der Waals surface area (Å²) in [4.78, 5) is 10.3. The zero-order chi connectivity index (χ0) is 8.69. The molecule has 0 fully saturated rings. The van der Waals surface area contributed by atoms with Gasteiger partial charge in [0.1, 0.15) is 0 Å². The Hall–Kier alpha value is 0.00870. The summed E-state index contributed by atoms with van der Waals surface area (Å²) in [5, 5.41) is 8.50. The Balaban J connectivity index is 3.48. The van der Waals surface area contributed by atoms with Gasteiger partial charge in [0.05, 0.1) is 0 Å². The predicted octanol–water partition coefficient (Wildman–Crippen LogP) is 1.90. The third-order valence-corrected chi connectivity index (χ3v) is 4.98. The fourth-order valence-corrected chi connectivity index (χ4v) is 3.80. The Labute approximate surface area is 77.9 Å². The van der Waals surface area contributed by atoms with Crippen molar-refractivity contribution in [3.63, 3.8) is 0 Å². The molecule has 11 heavy (non-hydrogen) atoms. The fraction of sp³-hybridized carbons (Fsp3) is 0.625. The number of unbranched alkanes of at least 4 members (excludes halogenated alkanes) is 1. The normalized spacial score (nSPS) is 11.6. The Kier molecular flexibility index (Phi) is 6.71. The van der Waals surface area contributed by atoms with Crippen molar-refractivity contribution in [3.05, 3.63) is 9.67 Å². The van der Waals surface area contributed by atoms with Gasteiger partial charge < -0.3 is 0 Å². The molecule has 0 bridgehead atoms. The quantitative estimate of drug-likeness (QED) is 0.466. The van der Waals surface area contributed by atoms with E-state index in [1.54, 1.807) is 6.92 Å². The first-order valence-electron chi connectivity index (χ1n) is 3.82. The van der Waals surface area contributed by atoms with Gasteiger partial charge in [0.25, 0.3) is 0 Å². The summed E-state index contributed by atoms with van der Waals surface area (Å²) in [5.41, 5.74) is 0.535. The van der Waals surface area contributed by atoms with Crippen LogP contribution in [0.4, 0.5) is 0 Å². The molecule has 3 heteroatoms. The average Bonchev–Trinajstić information content (AvgIpc) is 1.97. The summed E-state index contributed by atoms with van der Waals surface area (Å²) in [6.45, 7) is 3.84. The van der Waals surface area contributed by atoms with E-state index in [0.717, 1.165) is 0 Å². The Bertz CT molecular complexity index is 152. The molecule has 0 aromatic rings. The molecule has 0 amide bonds. The monoisotopic (exact) mass is 262 g/mol. The molecule has 0 aliphatic rings. The van der Waals surface area contributed by atoms with Crippen molar-refractivity contribution in [2.24, 2.45) is 0 Å². The topological polar surface area (TPSA) is 37.3 Å². The van der Waals surface area contributed by atoms with Crippen LogP contribution in [0.1, 0.15) is 26.7 Å². The van der Waals surface area contributed by atoms with Crippen molar-refractivity contribution in [1.82, 2.24) is 0 Å². The second-order valence-electron chi connectivity index (χ2n) is 2.44. The van der Waals surface area contributed by atoms with Crippen LogP contribution in [-0.2, 0) is 4.79 Å². The summed E-state index contributed by atoms with van der Waals surface area (Å²) >= 11 is -0.485. The molecule has 0 rings (SSSR count). The van der Waals surface area contributed by atoms with E-state index in [9.17, 15) is 4.79 Å². The molecule has 0 saturated carbocycles. The number of rotatable bonds is 5. The number of aliphatic carboxylic acids is 1. The van der Waals surface area contributed by atoms with Gasteiger partial charge in [-0.25, -0.2) is 0 Å². The molecule has 2 radical (unpaired) electrons. The molecule has 0 saturated heterocycles. The average molecular weight is 261 g/mol. The van der Waals surface area contributed by atoms with E-state index in [4.69, 9.17) is 5.11 Å². The van der Waals surface area contributed by atoms with Gasteiger partial charge in [-0.3, -0.25) is 0 Å². The van der Waals surface area contributed by atoms with Gasteiger partial charge in [-0.1, -0.05) is 0 Å². The molecule has 0 aromatic carbocycles. The van der Waals surface area contributed by atoms with E-state index in [1.807, 2.05) is 4.09 Å². The molecule has 0 aliphatic heterocycles. The van der Waals surface area contributed by atoms with Crippen LogP contribution < -0.4 is 0 Å². The second kappa shape index (κ2) is 6.70. The SMILES string of the molecule is CCC[CH2][Sn][CH]=C(C)C(=O)O. The molecule has 0 atom stereocenters. The summed E-state index contributed by atoms with van der Waals surface area (Å²) in [5.74, 6) is -0.762. The van der Waals surface area contributed by atoms with Gasteiger partial charge in [0.2, 0.25) is 0 Å². The minimum absolute atomic E-state index is 0.485. The van der Waals surface area contributed by atoms with Gasteiger partial charge in [-0.15, -0.1) is 0 Å². The van der Waals surface area contributed by atoms with Crippen molar-refractivity contribution < 1.29 is 9.90 Å². The van der Waals surface area contributed by atoms with Crippen molar-refractivity contribution in [2.45, 2.75) is 31.1 Å². The van der Waals surface area contributed by atoms with Gasteiger partial charge in [0.15, 0.2) is 0 Å². The first-order valence-corrected chi connectivity index (χ1v) is 7.48. The van der Waals surface area contributed by atoms with Crippen LogP contribution in [0, 0.1) is 0 Å². The van der Waals surface area contributed by atoms with Crippen LogP contribution in [-0.4, -0.2) is 32.2 Å². The van der Waals surface area contributed by atoms with E-state index in [2.05, 4.69) is 6.92 Å². The van der Waals surface area contributed by atoms with Crippen molar-refractivity contribution in [3.8, 4) is 0 Å². The van der Waals surface area contributed by atoms with E-state index in [-0.39, 0.29) is 0 Å². The number of hydrogen-bond acceptors (Lipinski definition) is 1. The van der Waals surface area contributed by atoms with Crippen molar-refractivity contribution >= 4 is 27.1 Å². The molecule has 1 N–H and O–H groups in total. The van der Waals surface area contributed by atoms with Crippen LogP contribution in [0.5, 0.6) is 0 Å². The van der Waals surface area contributed by atoms with Crippen LogP contribution in [0.2, 0.25) is 4.44 Å². The van der Waals surface area contributed by atoms with Gasteiger partial charge in [-0.05, 0) is 0 Å². The predicted molar refractivity (Wildman–Crippen MR) is 46.9 cm³/mol. The zero-order valence-electron chi connectivity index (χ0n) is 7.05. The minimum atomic E-state index is -0.762. The maximum atomic E-state index is 10.3. The number of carboxylic acid groups (broad SMARTS) is 1. The molecular formula is C8H14O2Sn. The Morgan fingerprint density at radius 3 is 2.73 bits per heavy atom. The van der Waals surface area contributed by atoms with E-state index in [1.165, 1.54) is 17.3 Å². The number of carbonyl (C=O) groups is 1. The van der Waals surface area contributed by atoms with E-state index < -0.39 is 27.1 Å². The molecular weight excluding hydrogens is 247 g/mol. The number of carboxylic acids is 1. The number of hydrogen-bond donors (Lipinski definition) is 1. The fourth-order valence-electron chi connectivity index (χ4n) is 0.566. The molecule has 0 heterocycles. The van der Waals surface area contributed by atoms with Crippen molar-refractivity contribution in [2.75, 3.05) is 0 Å². The van der Waals surface area contributed by atoms with Gasteiger partial charge >= 0.3 is 77.8 Å². The summed E-state index contributed by atoms with van der Waals surface area (Å²) in [6, 6.07) is 0. The molecule has 0 aliphatic carbocycles. The Morgan fingerprint density at radius 2 is 2.27 bits per heavy atom. The van der Waals surface area contributed by atoms with Crippen LogP contribution in [0.15, 0.2) is 9.67 Å². The molecule has 0 unspecified atom stereocenters. The first kappa shape index (κ1) is 11.0. The van der Waals surface area contributed by atoms with Gasteiger partial charge in [0, 0.05) is 0 Å². The van der Waals surface area contributed by atoms with E-state index >= 15 is 0 Å². The van der Waals surface area contributed by atoms with Crippen LogP contribution in [0.25, 0.3) is 0 Å². The first-order chi connectivity index (χ1) is 5.18. The van der Waals surface area contributed by atoms with Crippen LogP contribution >= 0.6 is 0 Å². The third-order valence-electron chi connectivity index (χ3n) is 1.33. The summed E-state index contributed by atoms with van der Waals surface area (Å²) in [6.07, 6.45) is 2.48. The maximum absolute atomic E-state index is 10.3. The standard InChI is InChI=1S/C4H5O2.C4H9.Sn/c1-3(2)4(5)6;1-3-4-2;/h1H,2H3,(H,5,6);1,3-4H2,2H3;. The molecule has 62 valence electrons. The third kappa shape index (κ3) is 6.41. The Morgan fingerprint density at radius 1 is 1.64 bits per heavy atom. The van der Waals surface area contributed by atoms with Gasteiger partial charge in [-0.2, -0.15) is 0 Å². The molecule has 2 nitrogen and oxygen atoms in total. The van der Waals surface area contributed by atoms with Crippen molar-refractivity contribution in [1.29, 1.82) is 0 Å². The second-order valence-corrected chi connectivity index (χ2v) is 5.86. The zero-order valence-corrected chi connectivity index (χ0v) is 9.91. The summed E-state index contributed by atoms with van der Waals surface area (Å²) in [7, 11) is 0.